The van der Waals surface area contributed by atoms with Crippen molar-refractivity contribution in [1.29, 1.82) is 5.26 Å². The molecule has 5 nitrogen and oxygen atoms in total. The average molecular weight is 279 g/mol. The number of aromatic nitrogens is 2. The molecule has 0 unspecified atom stereocenters. The van der Waals surface area contributed by atoms with Crippen molar-refractivity contribution in [3.8, 4) is 6.07 Å². The van der Waals surface area contributed by atoms with E-state index in [4.69, 9.17) is 16.9 Å². The van der Waals surface area contributed by atoms with Gasteiger partial charge >= 0.3 is 0 Å². The van der Waals surface area contributed by atoms with E-state index in [1.165, 1.54) is 6.07 Å². The summed E-state index contributed by atoms with van der Waals surface area (Å²) in [4.78, 5) is 12.4. The van der Waals surface area contributed by atoms with E-state index in [9.17, 15) is 4.79 Å². The van der Waals surface area contributed by atoms with Crippen molar-refractivity contribution in [2.24, 2.45) is 0 Å². The Kier molecular flexibility index (Phi) is 3.55. The Morgan fingerprint density at radius 2 is 2.33 bits per heavy atom. The van der Waals surface area contributed by atoms with Crippen LogP contribution >= 0.6 is 23.1 Å². The topological polar surface area (TPSA) is 78.7 Å². The van der Waals surface area contributed by atoms with E-state index in [-0.39, 0.29) is 5.91 Å². The van der Waals surface area contributed by atoms with E-state index >= 15 is 0 Å². The first-order valence-electron chi connectivity index (χ1n) is 4.92. The minimum absolute atomic E-state index is 0.346. The third kappa shape index (κ3) is 2.47. The normalized spacial score (nSPS) is 9.83. The van der Waals surface area contributed by atoms with E-state index in [1.54, 1.807) is 19.1 Å². The molecule has 0 saturated heterocycles. The number of hydrogen-bond donors (Lipinski definition) is 1. The maximum atomic E-state index is 11.9. The summed E-state index contributed by atoms with van der Waals surface area (Å²) < 4.78 is 3.68. The van der Waals surface area contributed by atoms with Gasteiger partial charge in [0.1, 0.15) is 10.9 Å². The Bertz CT molecular complexity index is 647. The van der Waals surface area contributed by atoms with Crippen LogP contribution in [0, 0.1) is 18.3 Å². The predicted octanol–water partition coefficient (Wildman–Crippen LogP) is 2.62. The first-order valence-corrected chi connectivity index (χ1v) is 6.07. The lowest BCUT2D eigenvalue weighted by atomic mass is 10.2. The van der Waals surface area contributed by atoms with Crippen LogP contribution in [0.4, 0.5) is 5.69 Å². The molecule has 2 aromatic rings. The summed E-state index contributed by atoms with van der Waals surface area (Å²) in [5.74, 6) is -0.346. The zero-order valence-electron chi connectivity index (χ0n) is 9.27. The second kappa shape index (κ2) is 5.12. The van der Waals surface area contributed by atoms with Crippen molar-refractivity contribution in [1.82, 2.24) is 9.59 Å². The number of carbonyl (C=O) groups excluding carboxylic acids is 1. The summed E-state index contributed by atoms with van der Waals surface area (Å²) in [6.07, 6.45) is 0. The molecule has 0 saturated carbocycles. The van der Waals surface area contributed by atoms with Crippen LogP contribution < -0.4 is 5.32 Å². The molecule has 1 heterocycles. The van der Waals surface area contributed by atoms with Gasteiger partial charge in [0.25, 0.3) is 5.91 Å². The van der Waals surface area contributed by atoms with Crippen LogP contribution in [0.15, 0.2) is 18.2 Å². The van der Waals surface area contributed by atoms with E-state index in [0.717, 1.165) is 11.5 Å². The number of carbonyl (C=O) groups is 1. The molecule has 0 atom stereocenters. The van der Waals surface area contributed by atoms with Gasteiger partial charge in [-0.1, -0.05) is 16.1 Å². The highest BCUT2D eigenvalue weighted by atomic mass is 35.5. The van der Waals surface area contributed by atoms with Gasteiger partial charge in [0.2, 0.25) is 0 Å². The fourth-order valence-corrected chi connectivity index (χ4v) is 2.06. The molecule has 90 valence electrons. The zero-order chi connectivity index (χ0) is 13.1. The molecule has 0 radical (unpaired) electrons. The molecule has 1 amide bonds. The van der Waals surface area contributed by atoms with Gasteiger partial charge in [0, 0.05) is 5.02 Å². The fraction of sp³-hybridized carbons (Fsp3) is 0.0909. The number of anilines is 1. The second-order valence-corrected chi connectivity index (χ2v) is 4.63. The smallest absolute Gasteiger partial charge is 0.269 e. The number of nitriles is 1. The van der Waals surface area contributed by atoms with Crippen molar-refractivity contribution in [2.45, 2.75) is 6.92 Å². The van der Waals surface area contributed by atoms with Gasteiger partial charge in [0.15, 0.2) is 0 Å². The molecule has 2 rings (SSSR count). The SMILES string of the molecule is Cc1nnsc1C(=O)Nc1cc(Cl)ccc1C#N. The molecule has 0 aliphatic rings. The maximum Gasteiger partial charge on any atom is 0.269 e. The van der Waals surface area contributed by atoms with Gasteiger partial charge in [-0.15, -0.1) is 5.10 Å². The van der Waals surface area contributed by atoms with Gasteiger partial charge in [-0.2, -0.15) is 5.26 Å². The Balaban J connectivity index is 2.30. The highest BCUT2D eigenvalue weighted by Gasteiger charge is 2.15. The highest BCUT2D eigenvalue weighted by molar-refractivity contribution is 7.08. The summed E-state index contributed by atoms with van der Waals surface area (Å²) in [5.41, 5.74) is 1.28. The number of benzene rings is 1. The number of nitrogens with one attached hydrogen (secondary N) is 1. The highest BCUT2D eigenvalue weighted by Crippen LogP contribution is 2.22. The van der Waals surface area contributed by atoms with Crippen molar-refractivity contribution in [2.75, 3.05) is 5.32 Å². The summed E-state index contributed by atoms with van der Waals surface area (Å²) in [5, 5.41) is 15.8. The van der Waals surface area contributed by atoms with Crippen LogP contribution in [-0.4, -0.2) is 15.5 Å². The van der Waals surface area contributed by atoms with E-state index < -0.39 is 0 Å². The van der Waals surface area contributed by atoms with Gasteiger partial charge in [-0.25, -0.2) is 0 Å². The van der Waals surface area contributed by atoms with Crippen molar-refractivity contribution < 1.29 is 4.79 Å². The minimum Gasteiger partial charge on any atom is -0.320 e. The van der Waals surface area contributed by atoms with Crippen molar-refractivity contribution in [3.05, 3.63) is 39.4 Å². The molecule has 0 aliphatic carbocycles. The Morgan fingerprint density at radius 1 is 1.56 bits per heavy atom. The third-order valence-electron chi connectivity index (χ3n) is 2.21. The molecule has 1 aromatic carbocycles. The molecule has 1 aromatic heterocycles. The maximum absolute atomic E-state index is 11.9. The number of nitrogens with zero attached hydrogens (tertiary/aromatic N) is 3. The summed E-state index contributed by atoms with van der Waals surface area (Å²) >= 11 is 6.84. The number of halogens is 1. The van der Waals surface area contributed by atoms with Crippen LogP contribution in [0.2, 0.25) is 5.02 Å². The minimum atomic E-state index is -0.346. The molecule has 7 heteroatoms. The van der Waals surface area contributed by atoms with Crippen molar-refractivity contribution >= 4 is 34.7 Å². The summed E-state index contributed by atoms with van der Waals surface area (Å²) in [7, 11) is 0. The molecule has 1 N–H and O–H groups in total. The zero-order valence-corrected chi connectivity index (χ0v) is 10.8. The third-order valence-corrected chi connectivity index (χ3v) is 3.27. The van der Waals surface area contributed by atoms with Crippen LogP contribution in [0.5, 0.6) is 0 Å². The van der Waals surface area contributed by atoms with Crippen LogP contribution in [0.25, 0.3) is 0 Å². The molecular formula is C11H7ClN4OS. The lowest BCUT2D eigenvalue weighted by molar-refractivity contribution is 0.103. The van der Waals surface area contributed by atoms with E-state index in [2.05, 4.69) is 14.9 Å². The number of aryl methyl sites for hydroxylation is 1. The van der Waals surface area contributed by atoms with Gasteiger partial charge in [-0.3, -0.25) is 4.79 Å². The number of hydrogen-bond acceptors (Lipinski definition) is 5. The summed E-state index contributed by atoms with van der Waals surface area (Å²) in [6, 6.07) is 6.66. The first kappa shape index (κ1) is 12.5. The molecule has 0 spiro atoms. The van der Waals surface area contributed by atoms with Crippen LogP contribution in [0.3, 0.4) is 0 Å². The van der Waals surface area contributed by atoms with Crippen molar-refractivity contribution in [3.63, 3.8) is 0 Å². The standard InChI is InChI=1S/C11H7ClN4OS/c1-6-10(18-16-15-6)11(17)14-9-4-8(12)3-2-7(9)5-13/h2-4H,1H3,(H,14,17). The number of amides is 1. The summed E-state index contributed by atoms with van der Waals surface area (Å²) in [6.45, 7) is 1.70. The van der Waals surface area contributed by atoms with E-state index in [0.29, 0.717) is 26.8 Å². The van der Waals surface area contributed by atoms with E-state index in [1.807, 2.05) is 6.07 Å². The molecule has 0 fully saturated rings. The average Bonchev–Trinajstić information content (AvgIpc) is 2.76. The molecule has 0 aliphatic heterocycles. The fourth-order valence-electron chi connectivity index (χ4n) is 1.34. The van der Waals surface area contributed by atoms with Gasteiger partial charge < -0.3 is 5.32 Å². The quantitative estimate of drug-likeness (QED) is 0.916. The predicted molar refractivity (Wildman–Crippen MR) is 68.8 cm³/mol. The lowest BCUT2D eigenvalue weighted by Gasteiger charge is -2.06. The van der Waals surface area contributed by atoms with Crippen LogP contribution in [-0.2, 0) is 0 Å². The molecule has 0 bridgehead atoms. The number of rotatable bonds is 2. The first-order chi connectivity index (χ1) is 8.61. The molecular weight excluding hydrogens is 272 g/mol. The Labute approximate surface area is 112 Å². The van der Waals surface area contributed by atoms with Crippen LogP contribution in [0.1, 0.15) is 20.9 Å². The Morgan fingerprint density at radius 3 is 2.94 bits per heavy atom. The Hall–Kier alpha value is -1.97. The second-order valence-electron chi connectivity index (χ2n) is 3.44. The van der Waals surface area contributed by atoms with Gasteiger partial charge in [0.05, 0.1) is 16.9 Å². The molecule has 18 heavy (non-hydrogen) atoms. The van der Waals surface area contributed by atoms with Gasteiger partial charge in [-0.05, 0) is 36.7 Å². The monoisotopic (exact) mass is 278 g/mol. The largest absolute Gasteiger partial charge is 0.320 e. The lowest BCUT2D eigenvalue weighted by Crippen LogP contribution is -2.12.